The molecule has 3 amide bonds. The summed E-state index contributed by atoms with van der Waals surface area (Å²) in [5.41, 5.74) is -0.102. The normalized spacial score (nSPS) is 18.8. The third-order valence-corrected chi connectivity index (χ3v) is 4.73. The molecule has 0 aliphatic carbocycles. The van der Waals surface area contributed by atoms with Crippen LogP contribution >= 0.6 is 0 Å². The maximum Gasteiger partial charge on any atom is 0.387 e. The van der Waals surface area contributed by atoms with Crippen LogP contribution in [0.1, 0.15) is 18.1 Å². The Bertz CT molecular complexity index is 920. The van der Waals surface area contributed by atoms with Crippen LogP contribution < -0.4 is 19.5 Å². The van der Waals surface area contributed by atoms with Crippen molar-refractivity contribution in [3.63, 3.8) is 0 Å². The van der Waals surface area contributed by atoms with E-state index >= 15 is 0 Å². The van der Waals surface area contributed by atoms with Crippen molar-refractivity contribution in [2.45, 2.75) is 25.6 Å². The predicted octanol–water partition coefficient (Wildman–Crippen LogP) is 3.27. The summed E-state index contributed by atoms with van der Waals surface area (Å²) < 4.78 is 39.5. The SMILES string of the molecule is COc1ccc([C@@]2(C)NC(=O)N(Cc3ccc(OC(F)F)c(OC)c3)C2=O)cc1. The van der Waals surface area contributed by atoms with Gasteiger partial charge in [0.25, 0.3) is 5.91 Å². The molecular formula is C20H20F2N2O5. The lowest BCUT2D eigenvalue weighted by Gasteiger charge is -2.22. The molecule has 0 radical (unpaired) electrons. The van der Waals surface area contributed by atoms with E-state index < -0.39 is 24.1 Å². The first-order valence-corrected chi connectivity index (χ1v) is 8.69. The number of nitrogens with one attached hydrogen (secondary N) is 1. The summed E-state index contributed by atoms with van der Waals surface area (Å²) in [5.74, 6) is 0.142. The monoisotopic (exact) mass is 406 g/mol. The average Bonchev–Trinajstić information content (AvgIpc) is 2.92. The molecule has 0 unspecified atom stereocenters. The molecule has 7 nitrogen and oxygen atoms in total. The second-order valence-electron chi connectivity index (χ2n) is 6.54. The van der Waals surface area contributed by atoms with Crippen molar-refractivity contribution in [3.8, 4) is 17.2 Å². The Hall–Kier alpha value is -3.36. The molecule has 154 valence electrons. The van der Waals surface area contributed by atoms with E-state index in [1.807, 2.05) is 0 Å². The fourth-order valence-electron chi connectivity index (χ4n) is 3.15. The van der Waals surface area contributed by atoms with Crippen molar-refractivity contribution in [1.29, 1.82) is 0 Å². The zero-order valence-corrected chi connectivity index (χ0v) is 16.1. The third-order valence-electron chi connectivity index (χ3n) is 4.73. The minimum Gasteiger partial charge on any atom is -0.497 e. The summed E-state index contributed by atoms with van der Waals surface area (Å²) in [6, 6.07) is 10.5. The van der Waals surface area contributed by atoms with E-state index in [2.05, 4.69) is 10.1 Å². The summed E-state index contributed by atoms with van der Waals surface area (Å²) in [4.78, 5) is 26.6. The largest absolute Gasteiger partial charge is 0.497 e. The molecule has 2 aromatic rings. The van der Waals surface area contributed by atoms with Gasteiger partial charge in [0.2, 0.25) is 0 Å². The van der Waals surface area contributed by atoms with Crippen molar-refractivity contribution in [2.75, 3.05) is 14.2 Å². The highest BCUT2D eigenvalue weighted by Crippen LogP contribution is 2.33. The Morgan fingerprint density at radius 2 is 1.72 bits per heavy atom. The van der Waals surface area contributed by atoms with Gasteiger partial charge >= 0.3 is 12.6 Å². The highest BCUT2D eigenvalue weighted by molar-refractivity contribution is 6.07. The Kier molecular flexibility index (Phi) is 5.58. The molecule has 0 aromatic heterocycles. The van der Waals surface area contributed by atoms with Crippen LogP contribution in [0.3, 0.4) is 0 Å². The number of halogens is 2. The van der Waals surface area contributed by atoms with Crippen molar-refractivity contribution in [2.24, 2.45) is 0 Å². The van der Waals surface area contributed by atoms with Crippen molar-refractivity contribution in [3.05, 3.63) is 53.6 Å². The molecule has 1 N–H and O–H groups in total. The van der Waals surface area contributed by atoms with Crippen molar-refractivity contribution in [1.82, 2.24) is 10.2 Å². The van der Waals surface area contributed by atoms with Crippen LogP contribution in [0.5, 0.6) is 17.2 Å². The molecule has 0 spiro atoms. The Balaban J connectivity index is 1.83. The van der Waals surface area contributed by atoms with E-state index in [-0.39, 0.29) is 18.0 Å². The second-order valence-corrected chi connectivity index (χ2v) is 6.54. The van der Waals surface area contributed by atoms with E-state index in [1.165, 1.54) is 32.4 Å². The molecule has 1 fully saturated rings. The summed E-state index contributed by atoms with van der Waals surface area (Å²) in [5, 5.41) is 2.71. The van der Waals surface area contributed by atoms with Crippen molar-refractivity contribution < 1.29 is 32.6 Å². The van der Waals surface area contributed by atoms with E-state index in [9.17, 15) is 18.4 Å². The summed E-state index contributed by atoms with van der Waals surface area (Å²) in [6.07, 6.45) is 0. The number of hydrogen-bond acceptors (Lipinski definition) is 5. The molecule has 29 heavy (non-hydrogen) atoms. The zero-order valence-electron chi connectivity index (χ0n) is 16.1. The van der Waals surface area contributed by atoms with Gasteiger partial charge in [-0.25, -0.2) is 4.79 Å². The number of ether oxygens (including phenoxy) is 3. The minimum atomic E-state index is -2.99. The number of amides is 3. The van der Waals surface area contributed by atoms with Gasteiger partial charge in [-0.2, -0.15) is 8.78 Å². The van der Waals surface area contributed by atoms with Crippen LogP contribution in [0.2, 0.25) is 0 Å². The van der Waals surface area contributed by atoms with Gasteiger partial charge < -0.3 is 19.5 Å². The minimum absolute atomic E-state index is 0.0538. The number of imide groups is 1. The molecule has 1 aliphatic heterocycles. The Morgan fingerprint density at radius 3 is 2.31 bits per heavy atom. The molecule has 2 aromatic carbocycles. The maximum atomic E-state index is 13.0. The van der Waals surface area contributed by atoms with Gasteiger partial charge in [-0.15, -0.1) is 0 Å². The maximum absolute atomic E-state index is 13.0. The molecule has 1 aliphatic rings. The summed E-state index contributed by atoms with van der Waals surface area (Å²) in [6.45, 7) is -1.43. The van der Waals surface area contributed by atoms with Gasteiger partial charge in [-0.1, -0.05) is 18.2 Å². The summed E-state index contributed by atoms with van der Waals surface area (Å²) in [7, 11) is 2.85. The summed E-state index contributed by atoms with van der Waals surface area (Å²) >= 11 is 0. The zero-order chi connectivity index (χ0) is 21.2. The van der Waals surface area contributed by atoms with Crippen LogP contribution in [0.4, 0.5) is 13.6 Å². The molecule has 0 bridgehead atoms. The fraction of sp³-hybridized carbons (Fsp3) is 0.300. The predicted molar refractivity (Wildman–Crippen MR) is 99.1 cm³/mol. The van der Waals surface area contributed by atoms with Crippen LogP contribution in [-0.4, -0.2) is 37.7 Å². The van der Waals surface area contributed by atoms with E-state index in [4.69, 9.17) is 9.47 Å². The lowest BCUT2D eigenvalue weighted by atomic mass is 9.92. The lowest BCUT2D eigenvalue weighted by Crippen LogP contribution is -2.40. The second kappa shape index (κ2) is 7.94. The molecule has 0 saturated carbocycles. The number of carbonyl (C=O) groups is 2. The molecular weight excluding hydrogens is 386 g/mol. The standard InChI is InChI=1S/C20H20F2N2O5/c1-20(13-5-7-14(27-2)8-6-13)17(25)24(19(26)23-20)11-12-4-9-15(29-18(21)22)16(10-12)28-3/h4-10,18H,11H2,1-3H3,(H,23,26)/t20-/m1/s1. The number of hydrogen-bond donors (Lipinski definition) is 1. The van der Waals surface area contributed by atoms with Crippen LogP contribution in [0.25, 0.3) is 0 Å². The molecule has 1 heterocycles. The van der Waals surface area contributed by atoms with Gasteiger partial charge in [0.15, 0.2) is 11.5 Å². The van der Waals surface area contributed by atoms with E-state index in [0.717, 1.165) is 4.90 Å². The average molecular weight is 406 g/mol. The van der Waals surface area contributed by atoms with Gasteiger partial charge in [0.05, 0.1) is 20.8 Å². The molecule has 9 heteroatoms. The number of nitrogens with zero attached hydrogens (tertiary/aromatic N) is 1. The number of alkyl halides is 2. The number of urea groups is 1. The molecule has 1 saturated heterocycles. The Morgan fingerprint density at radius 1 is 1.03 bits per heavy atom. The number of methoxy groups -OCH3 is 2. The first-order chi connectivity index (χ1) is 13.8. The first kappa shape index (κ1) is 20.4. The lowest BCUT2D eigenvalue weighted by molar-refractivity contribution is -0.131. The quantitative estimate of drug-likeness (QED) is 0.715. The highest BCUT2D eigenvalue weighted by atomic mass is 19.3. The number of benzene rings is 2. The Labute approximate surface area is 166 Å². The van der Waals surface area contributed by atoms with Gasteiger partial charge in [-0.05, 0) is 42.3 Å². The first-order valence-electron chi connectivity index (χ1n) is 8.69. The van der Waals surface area contributed by atoms with Crippen LogP contribution in [0.15, 0.2) is 42.5 Å². The number of carbonyl (C=O) groups excluding carboxylic acids is 2. The van der Waals surface area contributed by atoms with E-state index in [0.29, 0.717) is 16.9 Å². The van der Waals surface area contributed by atoms with Crippen LogP contribution in [-0.2, 0) is 16.9 Å². The fourth-order valence-corrected chi connectivity index (χ4v) is 3.15. The molecule has 3 rings (SSSR count). The third kappa shape index (κ3) is 3.94. The van der Waals surface area contributed by atoms with E-state index in [1.54, 1.807) is 31.2 Å². The van der Waals surface area contributed by atoms with Crippen LogP contribution in [0, 0.1) is 0 Å². The topological polar surface area (TPSA) is 77.1 Å². The van der Waals surface area contributed by atoms with Gasteiger partial charge in [0, 0.05) is 0 Å². The molecule has 1 atom stereocenters. The highest BCUT2D eigenvalue weighted by Gasteiger charge is 2.48. The van der Waals surface area contributed by atoms with Gasteiger partial charge in [0.1, 0.15) is 11.3 Å². The smallest absolute Gasteiger partial charge is 0.387 e. The number of rotatable bonds is 7. The van der Waals surface area contributed by atoms with Crippen molar-refractivity contribution >= 4 is 11.9 Å². The van der Waals surface area contributed by atoms with Gasteiger partial charge in [-0.3, -0.25) is 9.69 Å².